The SMILES string of the molecule is NCCCCC(N)C(=O)CC(CCCCN)C(=O)NC(CCCCN)C(=O)O. The Kier molecular flexibility index (Phi) is 15.5. The molecule has 0 aliphatic rings. The standard InChI is InChI=1S/C19H39N5O4/c20-10-4-1-7-14(13-17(25)15(23)8-2-5-11-21)18(26)24-16(19(27)28)9-3-6-12-22/h14-16H,1-13,20-23H2,(H,24,26)(H,27,28). The molecule has 9 nitrogen and oxygen atoms in total. The zero-order valence-corrected chi connectivity index (χ0v) is 16.9. The molecule has 0 aliphatic carbocycles. The van der Waals surface area contributed by atoms with Crippen molar-refractivity contribution in [3.8, 4) is 0 Å². The van der Waals surface area contributed by atoms with Crippen LogP contribution in [0.3, 0.4) is 0 Å². The van der Waals surface area contributed by atoms with E-state index in [9.17, 15) is 19.5 Å². The lowest BCUT2D eigenvalue weighted by atomic mass is 9.91. The number of nitrogens with two attached hydrogens (primary N) is 4. The van der Waals surface area contributed by atoms with Crippen LogP contribution in [0, 0.1) is 5.92 Å². The van der Waals surface area contributed by atoms with Crippen LogP contribution >= 0.6 is 0 Å². The van der Waals surface area contributed by atoms with Crippen LogP contribution in [0.4, 0.5) is 0 Å². The summed E-state index contributed by atoms with van der Waals surface area (Å²) in [6.07, 6.45) is 5.60. The van der Waals surface area contributed by atoms with Crippen molar-refractivity contribution in [2.24, 2.45) is 28.9 Å². The maximum absolute atomic E-state index is 12.7. The number of carbonyl (C=O) groups excluding carboxylic acids is 2. The van der Waals surface area contributed by atoms with Crippen molar-refractivity contribution < 1.29 is 19.5 Å². The lowest BCUT2D eigenvalue weighted by Gasteiger charge is -2.21. The summed E-state index contributed by atoms with van der Waals surface area (Å²) in [4.78, 5) is 36.5. The predicted octanol–water partition coefficient (Wildman–Crippen LogP) is -0.154. The molecule has 10 N–H and O–H groups in total. The maximum atomic E-state index is 12.7. The summed E-state index contributed by atoms with van der Waals surface area (Å²) in [6.45, 7) is 1.52. The van der Waals surface area contributed by atoms with Crippen LogP contribution in [0.1, 0.15) is 64.2 Å². The highest BCUT2D eigenvalue weighted by atomic mass is 16.4. The number of aliphatic carboxylic acids is 1. The molecule has 0 aromatic carbocycles. The van der Waals surface area contributed by atoms with Crippen LogP contribution in [-0.2, 0) is 14.4 Å². The molecule has 28 heavy (non-hydrogen) atoms. The Morgan fingerprint density at radius 1 is 0.786 bits per heavy atom. The zero-order chi connectivity index (χ0) is 21.4. The summed E-state index contributed by atoms with van der Waals surface area (Å²) in [5.41, 5.74) is 22.3. The first-order valence-electron chi connectivity index (χ1n) is 10.3. The first kappa shape index (κ1) is 26.4. The van der Waals surface area contributed by atoms with E-state index in [1.54, 1.807) is 0 Å². The molecule has 0 aliphatic heterocycles. The highest BCUT2D eigenvalue weighted by Crippen LogP contribution is 2.17. The number of hydrogen-bond donors (Lipinski definition) is 6. The van der Waals surface area contributed by atoms with E-state index in [0.29, 0.717) is 58.2 Å². The molecular formula is C19H39N5O4. The zero-order valence-electron chi connectivity index (χ0n) is 16.9. The van der Waals surface area contributed by atoms with Gasteiger partial charge in [0.2, 0.25) is 5.91 Å². The molecule has 3 atom stereocenters. The Labute approximate surface area is 167 Å². The minimum atomic E-state index is -1.09. The van der Waals surface area contributed by atoms with Gasteiger partial charge in [0.05, 0.1) is 6.04 Å². The number of rotatable bonds is 18. The minimum absolute atomic E-state index is 0.00926. The third-order valence-electron chi connectivity index (χ3n) is 4.77. The molecule has 164 valence electrons. The van der Waals surface area contributed by atoms with Gasteiger partial charge >= 0.3 is 5.97 Å². The number of Topliss-reactive ketones (excluding diaryl/α,β-unsaturated/α-hetero) is 1. The van der Waals surface area contributed by atoms with Crippen LogP contribution in [0.5, 0.6) is 0 Å². The van der Waals surface area contributed by atoms with E-state index in [1.165, 1.54) is 0 Å². The van der Waals surface area contributed by atoms with Gasteiger partial charge in [-0.3, -0.25) is 9.59 Å². The van der Waals surface area contributed by atoms with Gasteiger partial charge in [-0.25, -0.2) is 4.79 Å². The van der Waals surface area contributed by atoms with Crippen LogP contribution in [0.2, 0.25) is 0 Å². The van der Waals surface area contributed by atoms with Gasteiger partial charge in [0.25, 0.3) is 0 Å². The van der Waals surface area contributed by atoms with Gasteiger partial charge in [-0.05, 0) is 64.6 Å². The lowest BCUT2D eigenvalue weighted by Crippen LogP contribution is -2.45. The quantitative estimate of drug-likeness (QED) is 0.171. The molecule has 9 heteroatoms. The molecule has 0 spiro atoms. The van der Waals surface area contributed by atoms with Crippen molar-refractivity contribution in [2.45, 2.75) is 76.3 Å². The fourth-order valence-electron chi connectivity index (χ4n) is 2.96. The van der Waals surface area contributed by atoms with Gasteiger partial charge in [-0.15, -0.1) is 0 Å². The number of carboxylic acids is 1. The third-order valence-corrected chi connectivity index (χ3v) is 4.77. The van der Waals surface area contributed by atoms with Crippen molar-refractivity contribution in [1.82, 2.24) is 5.32 Å². The molecule has 0 rings (SSSR count). The van der Waals surface area contributed by atoms with Gasteiger partial charge < -0.3 is 33.4 Å². The molecule has 3 unspecified atom stereocenters. The molecule has 0 saturated carbocycles. The number of ketones is 1. The predicted molar refractivity (Wildman–Crippen MR) is 109 cm³/mol. The van der Waals surface area contributed by atoms with Gasteiger partial charge in [0.15, 0.2) is 0 Å². The number of amides is 1. The molecule has 0 aromatic heterocycles. The molecule has 0 fully saturated rings. The molecule has 0 saturated heterocycles. The average Bonchev–Trinajstić information content (AvgIpc) is 2.66. The van der Waals surface area contributed by atoms with E-state index >= 15 is 0 Å². The molecule has 1 amide bonds. The third kappa shape index (κ3) is 12.0. The largest absolute Gasteiger partial charge is 0.480 e. The number of hydrogen-bond acceptors (Lipinski definition) is 7. The van der Waals surface area contributed by atoms with E-state index < -0.39 is 29.9 Å². The molecule has 0 bridgehead atoms. The minimum Gasteiger partial charge on any atom is -0.480 e. The monoisotopic (exact) mass is 401 g/mol. The van der Waals surface area contributed by atoms with E-state index in [0.717, 1.165) is 19.3 Å². The van der Waals surface area contributed by atoms with Crippen molar-refractivity contribution in [1.29, 1.82) is 0 Å². The molecule has 0 aromatic rings. The van der Waals surface area contributed by atoms with E-state index in [4.69, 9.17) is 22.9 Å². The fraction of sp³-hybridized carbons (Fsp3) is 0.842. The highest BCUT2D eigenvalue weighted by Gasteiger charge is 2.28. The summed E-state index contributed by atoms with van der Waals surface area (Å²) >= 11 is 0. The van der Waals surface area contributed by atoms with Crippen LogP contribution < -0.4 is 28.3 Å². The summed E-state index contributed by atoms with van der Waals surface area (Å²) in [5, 5.41) is 11.9. The Morgan fingerprint density at radius 2 is 1.29 bits per heavy atom. The van der Waals surface area contributed by atoms with Crippen molar-refractivity contribution >= 4 is 17.7 Å². The van der Waals surface area contributed by atoms with Gasteiger partial charge in [0.1, 0.15) is 11.8 Å². The molecule has 0 radical (unpaired) electrons. The van der Waals surface area contributed by atoms with Gasteiger partial charge in [-0.1, -0.05) is 12.8 Å². The Morgan fingerprint density at radius 3 is 1.79 bits per heavy atom. The second-order valence-electron chi connectivity index (χ2n) is 7.23. The Bertz CT molecular complexity index is 462. The van der Waals surface area contributed by atoms with Crippen molar-refractivity contribution in [2.75, 3.05) is 19.6 Å². The fourth-order valence-corrected chi connectivity index (χ4v) is 2.96. The summed E-state index contributed by atoms with van der Waals surface area (Å²) in [5.74, 6) is -2.29. The van der Waals surface area contributed by atoms with E-state index in [1.807, 2.05) is 0 Å². The topological polar surface area (TPSA) is 188 Å². The Hall–Kier alpha value is -1.55. The van der Waals surface area contributed by atoms with Gasteiger partial charge in [-0.2, -0.15) is 0 Å². The molecule has 0 heterocycles. The van der Waals surface area contributed by atoms with Crippen molar-refractivity contribution in [3.05, 3.63) is 0 Å². The second kappa shape index (κ2) is 16.4. The molecular weight excluding hydrogens is 362 g/mol. The summed E-state index contributed by atoms with van der Waals surface area (Å²) in [6, 6.07) is -1.61. The smallest absolute Gasteiger partial charge is 0.326 e. The number of carboxylic acid groups (broad SMARTS) is 1. The van der Waals surface area contributed by atoms with Crippen LogP contribution in [-0.4, -0.2) is 54.5 Å². The maximum Gasteiger partial charge on any atom is 0.326 e. The number of nitrogens with one attached hydrogen (secondary N) is 1. The van der Waals surface area contributed by atoms with E-state index in [-0.39, 0.29) is 12.2 Å². The van der Waals surface area contributed by atoms with Crippen LogP contribution in [0.25, 0.3) is 0 Å². The van der Waals surface area contributed by atoms with Gasteiger partial charge in [0, 0.05) is 12.3 Å². The second-order valence-corrected chi connectivity index (χ2v) is 7.23. The normalized spacial score (nSPS) is 14.3. The highest BCUT2D eigenvalue weighted by molar-refractivity contribution is 5.91. The van der Waals surface area contributed by atoms with Crippen LogP contribution in [0.15, 0.2) is 0 Å². The first-order valence-corrected chi connectivity index (χ1v) is 10.3. The lowest BCUT2D eigenvalue weighted by molar-refractivity contribution is -0.143. The number of unbranched alkanes of at least 4 members (excludes halogenated alkanes) is 3. The average molecular weight is 402 g/mol. The summed E-state index contributed by atoms with van der Waals surface area (Å²) < 4.78 is 0. The number of carbonyl (C=O) groups is 3. The summed E-state index contributed by atoms with van der Waals surface area (Å²) in [7, 11) is 0. The van der Waals surface area contributed by atoms with Crippen molar-refractivity contribution in [3.63, 3.8) is 0 Å². The first-order chi connectivity index (χ1) is 13.4. The Balaban J connectivity index is 4.86. The van der Waals surface area contributed by atoms with E-state index in [2.05, 4.69) is 5.32 Å².